The van der Waals surface area contributed by atoms with Gasteiger partial charge in [-0.05, 0) is 5.56 Å². The zero-order valence-corrected chi connectivity index (χ0v) is 10.6. The Morgan fingerprint density at radius 1 is 1.32 bits per heavy atom. The lowest BCUT2D eigenvalue weighted by Gasteiger charge is -2.06. The maximum Gasteiger partial charge on any atom is 0.437 e. The first-order valence-corrected chi connectivity index (χ1v) is 5.67. The van der Waals surface area contributed by atoms with Crippen molar-refractivity contribution in [1.82, 2.24) is 15.0 Å². The van der Waals surface area contributed by atoms with Crippen LogP contribution in [0.15, 0.2) is 24.3 Å². The van der Waals surface area contributed by atoms with Gasteiger partial charge in [0.2, 0.25) is 5.69 Å². The first-order valence-electron chi connectivity index (χ1n) is 5.67. The van der Waals surface area contributed by atoms with E-state index < -0.39 is 28.5 Å². The monoisotopic (exact) mass is 316 g/mol. The summed E-state index contributed by atoms with van der Waals surface area (Å²) in [6.07, 6.45) is -4.94. The van der Waals surface area contributed by atoms with Crippen LogP contribution < -0.4 is 0 Å². The van der Waals surface area contributed by atoms with Crippen LogP contribution >= 0.6 is 0 Å². The van der Waals surface area contributed by atoms with Crippen LogP contribution in [0.25, 0.3) is 0 Å². The molecule has 1 aromatic carbocycles. The van der Waals surface area contributed by atoms with Gasteiger partial charge in [-0.15, -0.1) is 5.10 Å². The fourth-order valence-electron chi connectivity index (χ4n) is 1.72. The van der Waals surface area contributed by atoms with Crippen LogP contribution in [0.4, 0.5) is 18.9 Å². The molecule has 2 aromatic rings. The Kier molecular flexibility index (Phi) is 3.80. The average molecular weight is 316 g/mol. The van der Waals surface area contributed by atoms with Crippen LogP contribution in [0.5, 0.6) is 0 Å². The zero-order valence-electron chi connectivity index (χ0n) is 10.6. The Balaban J connectivity index is 2.36. The Morgan fingerprint density at radius 3 is 2.36 bits per heavy atom. The minimum atomic E-state index is -4.94. The van der Waals surface area contributed by atoms with E-state index in [0.29, 0.717) is 10.2 Å². The molecule has 0 fully saturated rings. The van der Waals surface area contributed by atoms with Crippen LogP contribution in [0, 0.1) is 10.1 Å². The Bertz CT molecular complexity index is 724. The Hall–Kier alpha value is -2.98. The number of nitro groups is 1. The number of benzene rings is 1. The Morgan fingerprint density at radius 2 is 1.91 bits per heavy atom. The van der Waals surface area contributed by atoms with E-state index in [9.17, 15) is 28.1 Å². The molecule has 22 heavy (non-hydrogen) atoms. The van der Waals surface area contributed by atoms with E-state index in [1.54, 1.807) is 0 Å². The molecule has 116 valence electrons. The summed E-state index contributed by atoms with van der Waals surface area (Å²) in [6.45, 7) is -0.317. The molecule has 0 radical (unpaired) electrons. The van der Waals surface area contributed by atoms with Crippen molar-refractivity contribution in [3.63, 3.8) is 0 Å². The topological polar surface area (TPSA) is 111 Å². The highest BCUT2D eigenvalue weighted by Gasteiger charge is 2.41. The third kappa shape index (κ3) is 3.02. The number of alkyl halides is 3. The molecule has 0 aliphatic carbocycles. The lowest BCUT2D eigenvalue weighted by atomic mass is 10.2. The molecule has 1 aromatic heterocycles. The second-order valence-corrected chi connectivity index (χ2v) is 4.17. The summed E-state index contributed by atoms with van der Waals surface area (Å²) in [5.74, 6) is -1.82. The van der Waals surface area contributed by atoms with Crippen molar-refractivity contribution >= 4 is 11.7 Å². The van der Waals surface area contributed by atoms with E-state index in [-0.39, 0.29) is 12.2 Å². The summed E-state index contributed by atoms with van der Waals surface area (Å²) < 4.78 is 38.5. The first-order chi connectivity index (χ1) is 10.2. The van der Waals surface area contributed by atoms with Gasteiger partial charge in [0.25, 0.3) is 5.69 Å². The second-order valence-electron chi connectivity index (χ2n) is 4.17. The fraction of sp³-hybridized carbons (Fsp3) is 0.182. The third-order valence-electron chi connectivity index (χ3n) is 2.69. The molecule has 11 heteroatoms. The highest BCUT2D eigenvalue weighted by molar-refractivity contribution is 5.87. The largest absolute Gasteiger partial charge is 0.476 e. The summed E-state index contributed by atoms with van der Waals surface area (Å²) in [7, 11) is 0. The third-order valence-corrected chi connectivity index (χ3v) is 2.69. The van der Waals surface area contributed by atoms with Gasteiger partial charge in [0.1, 0.15) is 0 Å². The Labute approximate surface area is 119 Å². The van der Waals surface area contributed by atoms with E-state index in [1.807, 2.05) is 0 Å². The number of halogens is 3. The minimum Gasteiger partial charge on any atom is -0.476 e. The van der Waals surface area contributed by atoms with E-state index in [1.165, 1.54) is 12.1 Å². The number of hydrogen-bond acceptors (Lipinski definition) is 5. The number of nitro benzene ring substituents is 1. The number of nitrogens with zero attached hydrogens (tertiary/aromatic N) is 4. The van der Waals surface area contributed by atoms with E-state index in [2.05, 4.69) is 10.3 Å². The van der Waals surface area contributed by atoms with Crippen LogP contribution in [0.2, 0.25) is 0 Å². The van der Waals surface area contributed by atoms with Crippen molar-refractivity contribution in [3.8, 4) is 0 Å². The predicted molar refractivity (Wildman–Crippen MR) is 64.2 cm³/mol. The number of hydrogen-bond donors (Lipinski definition) is 1. The number of carboxylic acid groups (broad SMARTS) is 1. The van der Waals surface area contributed by atoms with E-state index in [4.69, 9.17) is 5.11 Å². The minimum absolute atomic E-state index is 0.197. The molecule has 2 rings (SSSR count). The number of carbonyl (C=O) groups is 1. The molecule has 0 spiro atoms. The molecular weight excluding hydrogens is 309 g/mol. The zero-order chi connectivity index (χ0) is 16.5. The first kappa shape index (κ1) is 15.4. The molecule has 1 heterocycles. The van der Waals surface area contributed by atoms with Crippen LogP contribution in [-0.4, -0.2) is 31.0 Å². The maximum atomic E-state index is 12.6. The van der Waals surface area contributed by atoms with Gasteiger partial charge in [-0.3, -0.25) is 10.1 Å². The molecule has 1 N–H and O–H groups in total. The maximum absolute atomic E-state index is 12.6. The van der Waals surface area contributed by atoms with Gasteiger partial charge < -0.3 is 5.11 Å². The quantitative estimate of drug-likeness (QED) is 0.681. The van der Waals surface area contributed by atoms with Crippen molar-refractivity contribution in [3.05, 3.63) is 51.3 Å². The molecule has 0 bridgehead atoms. The summed E-state index contributed by atoms with van der Waals surface area (Å²) >= 11 is 0. The standard InChI is InChI=1S/C11H7F3N4O4/c12-11(13,14)9-8(10(19)20)17(16-15-9)5-6-1-3-7(4-2-6)18(21)22/h1-4H,5H2,(H,19,20). The predicted octanol–water partition coefficient (Wildman–Crippen LogP) is 1.95. The molecule has 0 saturated carbocycles. The van der Waals surface area contributed by atoms with Crippen LogP contribution in [-0.2, 0) is 12.7 Å². The molecule has 0 aliphatic heterocycles. The van der Waals surface area contributed by atoms with Crippen molar-refractivity contribution in [1.29, 1.82) is 0 Å². The average Bonchev–Trinajstić information content (AvgIpc) is 2.83. The number of aromatic nitrogens is 3. The van der Waals surface area contributed by atoms with Crippen LogP contribution in [0.3, 0.4) is 0 Å². The number of carboxylic acids is 1. The molecule has 0 amide bonds. The summed E-state index contributed by atoms with van der Waals surface area (Å²) in [5, 5.41) is 25.4. The molecule has 0 saturated heterocycles. The number of rotatable bonds is 4. The number of aromatic carboxylic acids is 1. The molecule has 0 atom stereocenters. The summed E-state index contributed by atoms with van der Waals surface area (Å²) in [6, 6.07) is 4.88. The van der Waals surface area contributed by atoms with Crippen molar-refractivity contribution in [2.24, 2.45) is 0 Å². The fourth-order valence-corrected chi connectivity index (χ4v) is 1.72. The SMILES string of the molecule is O=C(O)c1c(C(F)(F)F)nnn1Cc1ccc([N+](=O)[O-])cc1. The molecular formula is C11H7F3N4O4. The second kappa shape index (κ2) is 5.42. The lowest BCUT2D eigenvalue weighted by Crippen LogP contribution is -2.17. The molecule has 0 unspecified atom stereocenters. The van der Waals surface area contributed by atoms with E-state index in [0.717, 1.165) is 12.1 Å². The van der Waals surface area contributed by atoms with Gasteiger partial charge in [0.15, 0.2) is 5.69 Å². The molecule has 0 aliphatic rings. The van der Waals surface area contributed by atoms with Gasteiger partial charge in [-0.1, -0.05) is 17.3 Å². The van der Waals surface area contributed by atoms with Crippen molar-refractivity contribution in [2.75, 3.05) is 0 Å². The van der Waals surface area contributed by atoms with Gasteiger partial charge in [0.05, 0.1) is 11.5 Å². The highest BCUT2D eigenvalue weighted by Crippen LogP contribution is 2.30. The van der Waals surface area contributed by atoms with Crippen molar-refractivity contribution < 1.29 is 28.0 Å². The normalized spacial score (nSPS) is 11.4. The van der Waals surface area contributed by atoms with Gasteiger partial charge in [0, 0.05) is 12.1 Å². The van der Waals surface area contributed by atoms with Gasteiger partial charge in [-0.2, -0.15) is 13.2 Å². The van der Waals surface area contributed by atoms with Gasteiger partial charge in [-0.25, -0.2) is 9.48 Å². The van der Waals surface area contributed by atoms with Crippen molar-refractivity contribution in [2.45, 2.75) is 12.7 Å². The van der Waals surface area contributed by atoms with Gasteiger partial charge >= 0.3 is 12.1 Å². The highest BCUT2D eigenvalue weighted by atomic mass is 19.4. The molecule has 8 nitrogen and oxygen atoms in total. The van der Waals surface area contributed by atoms with Crippen LogP contribution in [0.1, 0.15) is 21.7 Å². The summed E-state index contributed by atoms with van der Waals surface area (Å²) in [5.41, 5.74) is -2.55. The number of non-ortho nitro benzene ring substituents is 1. The van der Waals surface area contributed by atoms with E-state index >= 15 is 0 Å². The lowest BCUT2D eigenvalue weighted by molar-refractivity contribution is -0.384. The summed E-state index contributed by atoms with van der Waals surface area (Å²) in [4.78, 5) is 20.9. The smallest absolute Gasteiger partial charge is 0.437 e.